The molecule has 0 aliphatic rings. The van der Waals surface area contributed by atoms with Crippen LogP contribution in [0, 0.1) is 0 Å². The molecule has 0 aliphatic heterocycles. The lowest BCUT2D eigenvalue weighted by Crippen LogP contribution is -2.43. The molecule has 2 rings (SSSR count). The summed E-state index contributed by atoms with van der Waals surface area (Å²) in [6, 6.07) is 16.4. The standard InChI is InChI=1S/C21H25NO3/c1-3-4-8-16-11-13-18(14-12-16)20(23)22-19(21(24)25-2)15-17-9-6-5-7-10-17/h5-7,9-14,19H,3-4,8,15H2,1-2H3,(H,22,23)/t19-/m0/s1. The molecule has 25 heavy (non-hydrogen) atoms. The van der Waals surface area contributed by atoms with E-state index in [9.17, 15) is 9.59 Å². The van der Waals surface area contributed by atoms with Gasteiger partial charge in [0.05, 0.1) is 7.11 Å². The topological polar surface area (TPSA) is 55.4 Å². The smallest absolute Gasteiger partial charge is 0.328 e. The quantitative estimate of drug-likeness (QED) is 0.749. The van der Waals surface area contributed by atoms with Crippen molar-refractivity contribution in [1.82, 2.24) is 5.32 Å². The van der Waals surface area contributed by atoms with Gasteiger partial charge in [0.1, 0.15) is 6.04 Å². The molecule has 132 valence electrons. The second-order valence-electron chi connectivity index (χ2n) is 6.04. The number of benzene rings is 2. The predicted octanol–water partition coefficient (Wildman–Crippen LogP) is 3.54. The fraction of sp³-hybridized carbons (Fsp3) is 0.333. The van der Waals surface area contributed by atoms with Gasteiger partial charge in [-0.3, -0.25) is 4.79 Å². The Morgan fingerprint density at radius 3 is 2.28 bits per heavy atom. The zero-order valence-corrected chi connectivity index (χ0v) is 14.8. The number of aryl methyl sites for hydroxylation is 1. The van der Waals surface area contributed by atoms with Crippen LogP contribution < -0.4 is 5.32 Å². The highest BCUT2D eigenvalue weighted by atomic mass is 16.5. The van der Waals surface area contributed by atoms with E-state index in [0.29, 0.717) is 12.0 Å². The summed E-state index contributed by atoms with van der Waals surface area (Å²) in [4.78, 5) is 24.5. The maximum Gasteiger partial charge on any atom is 0.328 e. The summed E-state index contributed by atoms with van der Waals surface area (Å²) in [7, 11) is 1.33. The molecule has 2 aromatic carbocycles. The lowest BCUT2D eigenvalue weighted by Gasteiger charge is -2.17. The average molecular weight is 339 g/mol. The van der Waals surface area contributed by atoms with E-state index >= 15 is 0 Å². The van der Waals surface area contributed by atoms with Crippen LogP contribution in [0.5, 0.6) is 0 Å². The highest BCUT2D eigenvalue weighted by molar-refractivity contribution is 5.96. The minimum atomic E-state index is -0.709. The van der Waals surface area contributed by atoms with E-state index in [0.717, 1.165) is 24.8 Å². The van der Waals surface area contributed by atoms with Gasteiger partial charge < -0.3 is 10.1 Å². The summed E-state index contributed by atoms with van der Waals surface area (Å²) < 4.78 is 4.83. The molecule has 0 saturated heterocycles. The summed E-state index contributed by atoms with van der Waals surface area (Å²) in [6.07, 6.45) is 3.68. The molecule has 4 nitrogen and oxygen atoms in total. The van der Waals surface area contributed by atoms with E-state index in [-0.39, 0.29) is 5.91 Å². The molecule has 2 aromatic rings. The number of ether oxygens (including phenoxy) is 1. The van der Waals surface area contributed by atoms with Crippen LogP contribution in [0.3, 0.4) is 0 Å². The summed E-state index contributed by atoms with van der Waals surface area (Å²) in [5, 5.41) is 2.78. The van der Waals surface area contributed by atoms with Gasteiger partial charge in [0.2, 0.25) is 0 Å². The van der Waals surface area contributed by atoms with Crippen LogP contribution in [-0.2, 0) is 22.4 Å². The molecular formula is C21H25NO3. The summed E-state index contributed by atoms with van der Waals surface area (Å²) in [6.45, 7) is 2.15. The van der Waals surface area contributed by atoms with Gasteiger partial charge in [0.25, 0.3) is 5.91 Å². The monoisotopic (exact) mass is 339 g/mol. The maximum atomic E-state index is 12.5. The van der Waals surface area contributed by atoms with Crippen molar-refractivity contribution in [3.05, 3.63) is 71.3 Å². The third-order valence-corrected chi connectivity index (χ3v) is 4.11. The number of esters is 1. The summed E-state index contributed by atoms with van der Waals surface area (Å²) in [5.41, 5.74) is 2.72. The first-order valence-corrected chi connectivity index (χ1v) is 8.65. The van der Waals surface area contributed by atoms with Gasteiger partial charge in [-0.2, -0.15) is 0 Å². The van der Waals surface area contributed by atoms with E-state index in [4.69, 9.17) is 4.74 Å². The van der Waals surface area contributed by atoms with Crippen molar-refractivity contribution < 1.29 is 14.3 Å². The van der Waals surface area contributed by atoms with Crippen LogP contribution in [-0.4, -0.2) is 25.0 Å². The summed E-state index contributed by atoms with van der Waals surface area (Å²) >= 11 is 0. The van der Waals surface area contributed by atoms with Crippen molar-refractivity contribution in [2.45, 2.75) is 38.6 Å². The molecule has 4 heteroatoms. The fourth-order valence-electron chi connectivity index (χ4n) is 2.63. The van der Waals surface area contributed by atoms with Gasteiger partial charge in [0, 0.05) is 12.0 Å². The minimum absolute atomic E-state index is 0.270. The number of hydrogen-bond acceptors (Lipinski definition) is 3. The van der Waals surface area contributed by atoms with Crippen molar-refractivity contribution in [3.8, 4) is 0 Å². The zero-order valence-electron chi connectivity index (χ0n) is 14.8. The van der Waals surface area contributed by atoms with Crippen molar-refractivity contribution in [3.63, 3.8) is 0 Å². The van der Waals surface area contributed by atoms with Crippen molar-refractivity contribution in [1.29, 1.82) is 0 Å². The first-order valence-electron chi connectivity index (χ1n) is 8.65. The van der Waals surface area contributed by atoms with Gasteiger partial charge in [0.15, 0.2) is 0 Å². The second-order valence-corrected chi connectivity index (χ2v) is 6.04. The number of carbonyl (C=O) groups is 2. The van der Waals surface area contributed by atoms with Gasteiger partial charge in [-0.1, -0.05) is 55.8 Å². The molecule has 0 fully saturated rings. The third kappa shape index (κ3) is 5.75. The van der Waals surface area contributed by atoms with Gasteiger partial charge in [-0.15, -0.1) is 0 Å². The Labute approximate surface area is 149 Å². The molecule has 0 saturated carbocycles. The molecule has 1 amide bonds. The Balaban J connectivity index is 2.04. The number of amides is 1. The van der Waals surface area contributed by atoms with Crippen molar-refractivity contribution in [2.24, 2.45) is 0 Å². The van der Waals surface area contributed by atoms with Crippen LogP contribution >= 0.6 is 0 Å². The van der Waals surface area contributed by atoms with E-state index in [1.807, 2.05) is 42.5 Å². The van der Waals surface area contributed by atoms with Crippen LogP contribution in [0.25, 0.3) is 0 Å². The molecule has 0 heterocycles. The Hall–Kier alpha value is -2.62. The number of unbranched alkanes of at least 4 members (excludes halogenated alkanes) is 1. The highest BCUT2D eigenvalue weighted by Gasteiger charge is 2.22. The SMILES string of the molecule is CCCCc1ccc(C(=O)N[C@@H](Cc2ccccc2)C(=O)OC)cc1. The van der Waals surface area contributed by atoms with Crippen LogP contribution in [0.1, 0.15) is 41.3 Å². The lowest BCUT2D eigenvalue weighted by atomic mass is 10.0. The molecule has 0 bridgehead atoms. The number of rotatable bonds is 8. The molecule has 0 spiro atoms. The Kier molecular flexibility index (Phi) is 7.20. The molecular weight excluding hydrogens is 314 g/mol. The van der Waals surface area contributed by atoms with Gasteiger partial charge in [-0.25, -0.2) is 4.79 Å². The normalized spacial score (nSPS) is 11.6. The van der Waals surface area contributed by atoms with E-state index in [2.05, 4.69) is 12.2 Å². The minimum Gasteiger partial charge on any atom is -0.467 e. The van der Waals surface area contributed by atoms with Gasteiger partial charge >= 0.3 is 5.97 Å². The Bertz CT molecular complexity index is 680. The van der Waals surface area contributed by atoms with Gasteiger partial charge in [-0.05, 0) is 36.1 Å². The first-order chi connectivity index (χ1) is 12.1. The number of nitrogens with one attached hydrogen (secondary N) is 1. The maximum absolute atomic E-state index is 12.5. The zero-order chi connectivity index (χ0) is 18.1. The Morgan fingerprint density at radius 2 is 1.68 bits per heavy atom. The first kappa shape index (κ1) is 18.7. The van der Waals surface area contributed by atoms with Crippen LogP contribution in [0.15, 0.2) is 54.6 Å². The molecule has 0 unspecified atom stereocenters. The fourth-order valence-corrected chi connectivity index (χ4v) is 2.63. The molecule has 1 N–H and O–H groups in total. The third-order valence-electron chi connectivity index (χ3n) is 4.11. The lowest BCUT2D eigenvalue weighted by molar-refractivity contribution is -0.142. The largest absolute Gasteiger partial charge is 0.467 e. The van der Waals surface area contributed by atoms with Crippen LogP contribution in [0.4, 0.5) is 0 Å². The second kappa shape index (κ2) is 9.62. The number of carbonyl (C=O) groups excluding carboxylic acids is 2. The van der Waals surface area contributed by atoms with Crippen LogP contribution in [0.2, 0.25) is 0 Å². The molecule has 0 aromatic heterocycles. The van der Waals surface area contributed by atoms with E-state index < -0.39 is 12.0 Å². The van der Waals surface area contributed by atoms with E-state index in [1.165, 1.54) is 12.7 Å². The van der Waals surface area contributed by atoms with E-state index in [1.54, 1.807) is 12.1 Å². The molecule has 0 radical (unpaired) electrons. The number of methoxy groups -OCH3 is 1. The predicted molar refractivity (Wildman–Crippen MR) is 98.5 cm³/mol. The average Bonchev–Trinajstić information content (AvgIpc) is 2.66. The molecule has 1 atom stereocenters. The summed E-state index contributed by atoms with van der Waals surface area (Å²) in [5.74, 6) is -0.717. The van der Waals surface area contributed by atoms with Crippen molar-refractivity contribution >= 4 is 11.9 Å². The number of hydrogen-bond donors (Lipinski definition) is 1. The Morgan fingerprint density at radius 1 is 1.00 bits per heavy atom. The highest BCUT2D eigenvalue weighted by Crippen LogP contribution is 2.10. The molecule has 0 aliphatic carbocycles. The van der Waals surface area contributed by atoms with Crippen molar-refractivity contribution in [2.75, 3.05) is 7.11 Å².